The molecular formula is C20H15N3OS2. The van der Waals surface area contributed by atoms with Crippen molar-refractivity contribution in [3.63, 3.8) is 0 Å². The van der Waals surface area contributed by atoms with Gasteiger partial charge in [-0.1, -0.05) is 66.4 Å². The van der Waals surface area contributed by atoms with Crippen LogP contribution in [0.2, 0.25) is 0 Å². The van der Waals surface area contributed by atoms with Crippen LogP contribution in [0, 0.1) is 0 Å². The van der Waals surface area contributed by atoms with E-state index in [1.807, 2.05) is 42.5 Å². The Morgan fingerprint density at radius 1 is 1.04 bits per heavy atom. The lowest BCUT2D eigenvalue weighted by atomic mass is 10.1. The fraction of sp³-hybridized carbons (Fsp3) is 0.100. The Bertz CT molecular complexity index is 1010. The summed E-state index contributed by atoms with van der Waals surface area (Å²) in [6.45, 7) is 0.585. The van der Waals surface area contributed by atoms with Crippen LogP contribution in [0.4, 0.5) is 0 Å². The number of carbonyl (C=O) groups is 1. The number of para-hydroxylation sites is 1. The number of aromatic nitrogens is 2. The average Bonchev–Trinajstić information content (AvgIpc) is 2.94. The third-order valence-corrected chi connectivity index (χ3v) is 5.53. The summed E-state index contributed by atoms with van der Waals surface area (Å²) >= 11 is 6.76. The van der Waals surface area contributed by atoms with E-state index in [-0.39, 0.29) is 5.91 Å². The highest BCUT2D eigenvalue weighted by atomic mass is 32.2. The molecule has 1 aliphatic heterocycles. The van der Waals surface area contributed by atoms with Gasteiger partial charge >= 0.3 is 0 Å². The molecule has 2 heterocycles. The number of thioether (sulfide) groups is 1. The minimum Gasteiger partial charge on any atom is -0.293 e. The number of thiocarbonyl (C=S) groups is 1. The SMILES string of the molecule is O=C1C(=Cc2cccc3nccnc23)SC(=S)N1CCc1ccccc1. The van der Waals surface area contributed by atoms with E-state index in [1.54, 1.807) is 17.3 Å². The molecule has 0 atom stereocenters. The Balaban J connectivity index is 1.57. The molecule has 2 aromatic carbocycles. The van der Waals surface area contributed by atoms with E-state index in [9.17, 15) is 4.79 Å². The van der Waals surface area contributed by atoms with Crippen LogP contribution in [0.5, 0.6) is 0 Å². The third-order valence-electron chi connectivity index (χ3n) is 4.16. The summed E-state index contributed by atoms with van der Waals surface area (Å²) in [7, 11) is 0. The molecule has 0 aliphatic carbocycles. The van der Waals surface area contributed by atoms with Gasteiger partial charge in [0.15, 0.2) is 0 Å². The zero-order valence-electron chi connectivity index (χ0n) is 13.8. The van der Waals surface area contributed by atoms with Crippen molar-refractivity contribution in [3.8, 4) is 0 Å². The number of amides is 1. The zero-order valence-corrected chi connectivity index (χ0v) is 15.5. The van der Waals surface area contributed by atoms with Gasteiger partial charge in [0.1, 0.15) is 4.32 Å². The predicted octanol–water partition coefficient (Wildman–Crippen LogP) is 4.07. The normalized spacial score (nSPS) is 16.0. The second-order valence-corrected chi connectivity index (χ2v) is 7.52. The van der Waals surface area contributed by atoms with Crippen molar-refractivity contribution in [2.45, 2.75) is 6.42 Å². The maximum absolute atomic E-state index is 12.8. The molecular weight excluding hydrogens is 362 g/mol. The number of benzene rings is 2. The van der Waals surface area contributed by atoms with Gasteiger partial charge in [0.25, 0.3) is 5.91 Å². The van der Waals surface area contributed by atoms with Crippen molar-refractivity contribution >= 4 is 51.3 Å². The molecule has 0 saturated carbocycles. The van der Waals surface area contributed by atoms with E-state index in [4.69, 9.17) is 12.2 Å². The lowest BCUT2D eigenvalue weighted by molar-refractivity contribution is -0.122. The molecule has 0 unspecified atom stereocenters. The molecule has 4 rings (SSSR count). The summed E-state index contributed by atoms with van der Waals surface area (Å²) in [5, 5.41) is 0. The van der Waals surface area contributed by atoms with Gasteiger partial charge in [-0.25, -0.2) is 0 Å². The van der Waals surface area contributed by atoms with Crippen LogP contribution in [-0.4, -0.2) is 31.6 Å². The number of hydrogen-bond acceptors (Lipinski definition) is 5. The van der Waals surface area contributed by atoms with Crippen molar-refractivity contribution in [3.05, 3.63) is 77.0 Å². The first-order valence-electron chi connectivity index (χ1n) is 8.21. The number of nitrogens with zero attached hydrogens (tertiary/aromatic N) is 3. The van der Waals surface area contributed by atoms with Crippen molar-refractivity contribution in [1.82, 2.24) is 14.9 Å². The topological polar surface area (TPSA) is 46.1 Å². The van der Waals surface area contributed by atoms with Crippen molar-refractivity contribution in [2.75, 3.05) is 6.54 Å². The third kappa shape index (κ3) is 3.38. The molecule has 0 spiro atoms. The number of carbonyl (C=O) groups excluding carboxylic acids is 1. The van der Waals surface area contributed by atoms with E-state index >= 15 is 0 Å². The Morgan fingerprint density at radius 2 is 1.85 bits per heavy atom. The lowest BCUT2D eigenvalue weighted by Gasteiger charge is -2.14. The molecule has 1 fully saturated rings. The summed E-state index contributed by atoms with van der Waals surface area (Å²) in [4.78, 5) is 23.8. The smallest absolute Gasteiger partial charge is 0.266 e. The van der Waals surface area contributed by atoms with E-state index in [2.05, 4.69) is 22.1 Å². The van der Waals surface area contributed by atoms with Crippen molar-refractivity contribution in [2.24, 2.45) is 0 Å². The molecule has 26 heavy (non-hydrogen) atoms. The highest BCUT2D eigenvalue weighted by molar-refractivity contribution is 8.26. The molecule has 1 aliphatic rings. The summed E-state index contributed by atoms with van der Waals surface area (Å²) in [6, 6.07) is 15.9. The van der Waals surface area contributed by atoms with Gasteiger partial charge in [-0.2, -0.15) is 0 Å². The van der Waals surface area contributed by atoms with Crippen LogP contribution in [-0.2, 0) is 11.2 Å². The van der Waals surface area contributed by atoms with E-state index in [1.165, 1.54) is 17.3 Å². The van der Waals surface area contributed by atoms with Gasteiger partial charge in [0.2, 0.25) is 0 Å². The van der Waals surface area contributed by atoms with Gasteiger partial charge in [-0.15, -0.1) is 0 Å². The van der Waals surface area contributed by atoms with E-state index < -0.39 is 0 Å². The van der Waals surface area contributed by atoms with Crippen molar-refractivity contribution in [1.29, 1.82) is 0 Å². The lowest BCUT2D eigenvalue weighted by Crippen LogP contribution is -2.30. The fourth-order valence-corrected chi connectivity index (χ4v) is 4.15. The summed E-state index contributed by atoms with van der Waals surface area (Å²) < 4.78 is 0.600. The minimum atomic E-state index is -0.0446. The number of rotatable bonds is 4. The molecule has 1 saturated heterocycles. The van der Waals surface area contributed by atoms with Crippen LogP contribution in [0.3, 0.4) is 0 Å². The second kappa shape index (κ2) is 7.35. The minimum absolute atomic E-state index is 0.0446. The average molecular weight is 377 g/mol. The van der Waals surface area contributed by atoms with Crippen LogP contribution < -0.4 is 0 Å². The van der Waals surface area contributed by atoms with Crippen LogP contribution in [0.25, 0.3) is 17.1 Å². The molecule has 3 aromatic rings. The van der Waals surface area contributed by atoms with Gasteiger partial charge in [-0.3, -0.25) is 19.7 Å². The number of hydrogen-bond donors (Lipinski definition) is 0. The summed E-state index contributed by atoms with van der Waals surface area (Å²) in [6.07, 6.45) is 5.96. The van der Waals surface area contributed by atoms with Gasteiger partial charge in [0.05, 0.1) is 15.9 Å². The van der Waals surface area contributed by atoms with Gasteiger partial charge in [0, 0.05) is 24.5 Å². The summed E-state index contributed by atoms with van der Waals surface area (Å²) in [5.74, 6) is -0.0446. The van der Waals surface area contributed by atoms with E-state index in [0.29, 0.717) is 15.8 Å². The Labute approximate surface area is 161 Å². The quantitative estimate of drug-likeness (QED) is 0.507. The first-order chi connectivity index (χ1) is 12.7. The largest absolute Gasteiger partial charge is 0.293 e. The Hall–Kier alpha value is -2.57. The van der Waals surface area contributed by atoms with E-state index in [0.717, 1.165) is 23.0 Å². The van der Waals surface area contributed by atoms with Crippen molar-refractivity contribution < 1.29 is 4.79 Å². The molecule has 0 N–H and O–H groups in total. The van der Waals surface area contributed by atoms with Gasteiger partial charge in [-0.05, 0) is 24.1 Å². The van der Waals surface area contributed by atoms with Crippen LogP contribution in [0.15, 0.2) is 65.8 Å². The molecule has 4 nitrogen and oxygen atoms in total. The Morgan fingerprint density at radius 3 is 2.69 bits per heavy atom. The summed E-state index contributed by atoms with van der Waals surface area (Å²) in [5.41, 5.74) is 3.65. The van der Waals surface area contributed by atoms with Crippen LogP contribution in [0.1, 0.15) is 11.1 Å². The maximum atomic E-state index is 12.8. The fourth-order valence-electron chi connectivity index (χ4n) is 2.85. The molecule has 1 amide bonds. The predicted molar refractivity (Wildman–Crippen MR) is 110 cm³/mol. The zero-order chi connectivity index (χ0) is 17.9. The highest BCUT2D eigenvalue weighted by Crippen LogP contribution is 2.33. The van der Waals surface area contributed by atoms with Crippen LogP contribution >= 0.6 is 24.0 Å². The molecule has 1 aromatic heterocycles. The molecule has 0 bridgehead atoms. The molecule has 0 radical (unpaired) electrons. The monoisotopic (exact) mass is 377 g/mol. The highest BCUT2D eigenvalue weighted by Gasteiger charge is 2.31. The Kier molecular flexibility index (Phi) is 4.77. The standard InChI is InChI=1S/C20H15N3OS2/c24-19-17(13-15-7-4-8-16-18(15)22-11-10-21-16)26-20(25)23(19)12-9-14-5-2-1-3-6-14/h1-8,10-11,13H,9,12H2. The molecule has 128 valence electrons. The van der Waals surface area contributed by atoms with Gasteiger partial charge < -0.3 is 0 Å². The molecule has 6 heteroatoms. The number of fused-ring (bicyclic) bond motifs is 1. The second-order valence-electron chi connectivity index (χ2n) is 5.84. The first kappa shape index (κ1) is 16.9. The first-order valence-corrected chi connectivity index (χ1v) is 9.44. The maximum Gasteiger partial charge on any atom is 0.266 e.